The second-order valence-electron chi connectivity index (χ2n) is 5.93. The molecule has 2 rings (SSSR count). The highest BCUT2D eigenvalue weighted by atomic mass is 19.1. The van der Waals surface area contributed by atoms with Gasteiger partial charge in [-0.05, 0) is 45.9 Å². The molecule has 0 spiro atoms. The van der Waals surface area contributed by atoms with Crippen LogP contribution in [-0.2, 0) is 4.74 Å². The first-order chi connectivity index (χ1) is 10.9. The number of hydrogen-bond acceptors (Lipinski definition) is 3. The van der Waals surface area contributed by atoms with Gasteiger partial charge in [0.05, 0.1) is 17.9 Å². The Hall–Kier alpha value is -1.82. The summed E-state index contributed by atoms with van der Waals surface area (Å²) in [6.07, 6.45) is 0.139. The number of halogens is 1. The van der Waals surface area contributed by atoms with Crippen LogP contribution in [0, 0.1) is 5.82 Å². The Morgan fingerprint density at radius 3 is 2.43 bits per heavy atom. The first-order valence-electron chi connectivity index (χ1n) is 8.20. The van der Waals surface area contributed by atoms with Gasteiger partial charge in [0.15, 0.2) is 0 Å². The Balaban J connectivity index is 2.10. The average molecular weight is 323 g/mol. The molecule has 1 aromatic carbocycles. The van der Waals surface area contributed by atoms with Crippen molar-refractivity contribution in [3.8, 4) is 0 Å². The Morgan fingerprint density at radius 2 is 1.91 bits per heavy atom. The van der Waals surface area contributed by atoms with E-state index in [0.29, 0.717) is 37.6 Å². The van der Waals surface area contributed by atoms with Crippen LogP contribution < -0.4 is 10.2 Å². The minimum absolute atomic E-state index is 0.0696. The fourth-order valence-corrected chi connectivity index (χ4v) is 2.93. The van der Waals surface area contributed by atoms with Gasteiger partial charge in [0.1, 0.15) is 5.82 Å². The molecule has 1 aromatic rings. The zero-order valence-corrected chi connectivity index (χ0v) is 14.3. The molecule has 2 atom stereocenters. The molecule has 1 aliphatic rings. The van der Waals surface area contributed by atoms with Crippen molar-refractivity contribution in [3.63, 3.8) is 0 Å². The molecule has 2 amide bonds. The lowest BCUT2D eigenvalue weighted by molar-refractivity contribution is -0.00539. The molecule has 1 aliphatic heterocycles. The number of nitrogens with zero attached hydrogens (tertiary/aromatic N) is 2. The Morgan fingerprint density at radius 1 is 1.30 bits per heavy atom. The molecule has 1 fully saturated rings. The van der Waals surface area contributed by atoms with Crippen LogP contribution >= 0.6 is 0 Å². The molecule has 1 saturated heterocycles. The second kappa shape index (κ2) is 7.64. The number of amides is 2. The molecule has 23 heavy (non-hydrogen) atoms. The summed E-state index contributed by atoms with van der Waals surface area (Å²) in [7, 11) is 0. The van der Waals surface area contributed by atoms with E-state index in [1.165, 1.54) is 6.07 Å². The summed E-state index contributed by atoms with van der Waals surface area (Å²) in [6.45, 7) is 10.3. The van der Waals surface area contributed by atoms with E-state index in [1.807, 2.05) is 32.6 Å². The highest BCUT2D eigenvalue weighted by Crippen LogP contribution is 2.26. The standard InChI is InChI=1S/C17H26FN3O2/c1-5-20(6-2)17(22)19-14-7-8-16(15(18)9-14)21-10-12(3)23-13(4)11-21/h7-9,12-13H,5-6,10-11H2,1-4H3,(H,19,22). The number of hydrogen-bond donors (Lipinski definition) is 1. The van der Waals surface area contributed by atoms with Crippen LogP contribution in [0.4, 0.5) is 20.6 Å². The summed E-state index contributed by atoms with van der Waals surface area (Å²) >= 11 is 0. The SMILES string of the molecule is CCN(CC)C(=O)Nc1ccc(N2CC(C)OC(C)C2)c(F)c1. The number of carbonyl (C=O) groups is 1. The number of carbonyl (C=O) groups excluding carboxylic acids is 1. The maximum absolute atomic E-state index is 14.5. The summed E-state index contributed by atoms with van der Waals surface area (Å²) in [5.41, 5.74) is 1.02. The maximum atomic E-state index is 14.5. The molecule has 0 radical (unpaired) electrons. The molecule has 0 aliphatic carbocycles. The van der Waals surface area contributed by atoms with Crippen molar-refractivity contribution in [2.45, 2.75) is 39.9 Å². The fourth-order valence-electron chi connectivity index (χ4n) is 2.93. The van der Waals surface area contributed by atoms with E-state index < -0.39 is 0 Å². The van der Waals surface area contributed by atoms with Crippen LogP contribution in [-0.4, -0.2) is 49.3 Å². The summed E-state index contributed by atoms with van der Waals surface area (Å²) in [5.74, 6) is -0.330. The van der Waals surface area contributed by atoms with E-state index in [0.717, 1.165) is 0 Å². The van der Waals surface area contributed by atoms with Gasteiger partial charge in [-0.2, -0.15) is 0 Å². The van der Waals surface area contributed by atoms with E-state index in [1.54, 1.807) is 17.0 Å². The number of anilines is 2. The van der Waals surface area contributed by atoms with Gasteiger partial charge in [0.25, 0.3) is 0 Å². The smallest absolute Gasteiger partial charge is 0.321 e. The van der Waals surface area contributed by atoms with E-state index in [-0.39, 0.29) is 24.1 Å². The van der Waals surface area contributed by atoms with Crippen LogP contribution in [0.25, 0.3) is 0 Å². The summed E-state index contributed by atoms with van der Waals surface area (Å²) in [6, 6.07) is 4.63. The Kier molecular flexibility index (Phi) is 5.82. The molecule has 1 N–H and O–H groups in total. The van der Waals surface area contributed by atoms with Crippen LogP contribution in [0.5, 0.6) is 0 Å². The van der Waals surface area contributed by atoms with E-state index in [2.05, 4.69) is 5.32 Å². The van der Waals surface area contributed by atoms with Gasteiger partial charge >= 0.3 is 6.03 Å². The van der Waals surface area contributed by atoms with Gasteiger partial charge in [0, 0.05) is 31.9 Å². The third-order valence-corrected chi connectivity index (χ3v) is 4.01. The topological polar surface area (TPSA) is 44.8 Å². The van der Waals surface area contributed by atoms with Gasteiger partial charge in [-0.1, -0.05) is 0 Å². The predicted molar refractivity (Wildman–Crippen MR) is 90.6 cm³/mol. The molecular formula is C17H26FN3O2. The fraction of sp³-hybridized carbons (Fsp3) is 0.588. The maximum Gasteiger partial charge on any atom is 0.321 e. The van der Waals surface area contributed by atoms with Crippen molar-refractivity contribution in [1.29, 1.82) is 0 Å². The van der Waals surface area contributed by atoms with E-state index in [9.17, 15) is 9.18 Å². The van der Waals surface area contributed by atoms with Gasteiger partial charge in [0.2, 0.25) is 0 Å². The molecule has 0 bridgehead atoms. The lowest BCUT2D eigenvalue weighted by atomic mass is 10.2. The van der Waals surface area contributed by atoms with E-state index >= 15 is 0 Å². The molecule has 1 heterocycles. The monoisotopic (exact) mass is 323 g/mol. The zero-order chi connectivity index (χ0) is 17.0. The average Bonchev–Trinajstić information content (AvgIpc) is 2.47. The molecular weight excluding hydrogens is 297 g/mol. The van der Waals surface area contributed by atoms with Gasteiger partial charge in [-0.25, -0.2) is 9.18 Å². The first kappa shape index (κ1) is 17.5. The highest BCUT2D eigenvalue weighted by molar-refractivity contribution is 5.89. The normalized spacial score (nSPS) is 21.2. The molecule has 128 valence electrons. The summed E-state index contributed by atoms with van der Waals surface area (Å²) in [4.78, 5) is 15.7. The van der Waals surface area contributed by atoms with Crippen molar-refractivity contribution in [2.75, 3.05) is 36.4 Å². The van der Waals surface area contributed by atoms with Crippen molar-refractivity contribution < 1.29 is 13.9 Å². The minimum Gasteiger partial charge on any atom is -0.372 e. The zero-order valence-electron chi connectivity index (χ0n) is 14.3. The van der Waals surface area contributed by atoms with Gasteiger partial charge in [-0.15, -0.1) is 0 Å². The van der Waals surface area contributed by atoms with Gasteiger partial charge in [-0.3, -0.25) is 0 Å². The quantitative estimate of drug-likeness (QED) is 0.924. The molecule has 6 heteroatoms. The van der Waals surface area contributed by atoms with Crippen molar-refractivity contribution in [2.24, 2.45) is 0 Å². The van der Waals surface area contributed by atoms with Crippen molar-refractivity contribution in [3.05, 3.63) is 24.0 Å². The van der Waals surface area contributed by atoms with Gasteiger partial charge < -0.3 is 19.9 Å². The number of ether oxygens (including phenoxy) is 1. The minimum atomic E-state index is -0.330. The molecule has 0 saturated carbocycles. The van der Waals surface area contributed by atoms with Crippen LogP contribution in [0.2, 0.25) is 0 Å². The number of nitrogens with one attached hydrogen (secondary N) is 1. The summed E-state index contributed by atoms with van der Waals surface area (Å²) < 4.78 is 20.1. The number of urea groups is 1. The third-order valence-electron chi connectivity index (χ3n) is 4.01. The molecule has 2 unspecified atom stereocenters. The van der Waals surface area contributed by atoms with Crippen molar-refractivity contribution in [1.82, 2.24) is 4.90 Å². The second-order valence-corrected chi connectivity index (χ2v) is 5.93. The predicted octanol–water partition coefficient (Wildman–Crippen LogP) is 3.31. The lowest BCUT2D eigenvalue weighted by Gasteiger charge is -2.37. The Labute approximate surface area is 137 Å². The highest BCUT2D eigenvalue weighted by Gasteiger charge is 2.24. The third kappa shape index (κ3) is 4.34. The summed E-state index contributed by atoms with van der Waals surface area (Å²) in [5, 5.41) is 2.74. The number of rotatable bonds is 4. The van der Waals surface area contributed by atoms with Crippen molar-refractivity contribution >= 4 is 17.4 Å². The number of benzene rings is 1. The number of morpholine rings is 1. The van der Waals surface area contributed by atoms with Crippen LogP contribution in [0.1, 0.15) is 27.7 Å². The first-order valence-corrected chi connectivity index (χ1v) is 8.20. The largest absolute Gasteiger partial charge is 0.372 e. The molecule has 0 aromatic heterocycles. The molecule has 5 nitrogen and oxygen atoms in total. The van der Waals surface area contributed by atoms with Crippen LogP contribution in [0.15, 0.2) is 18.2 Å². The van der Waals surface area contributed by atoms with E-state index in [4.69, 9.17) is 4.74 Å². The lowest BCUT2D eigenvalue weighted by Crippen LogP contribution is -2.45. The van der Waals surface area contributed by atoms with Crippen LogP contribution in [0.3, 0.4) is 0 Å². The Bertz CT molecular complexity index is 539.